The maximum absolute atomic E-state index is 7.44. The predicted octanol–water partition coefficient (Wildman–Crippen LogP) is 1.41. The minimum absolute atomic E-state index is 0. The molecule has 0 amide bonds. The van der Waals surface area contributed by atoms with E-state index < -0.39 is 0 Å². The smallest absolute Gasteiger partial charge is 0.122 e. The molecule has 0 bridgehead atoms. The van der Waals surface area contributed by atoms with Gasteiger partial charge in [-0.25, -0.2) is 0 Å². The normalized spacial score (nSPS) is 10.2. The number of fused-ring (bicyclic) bond motifs is 1. The summed E-state index contributed by atoms with van der Waals surface area (Å²) < 4.78 is 0. The Morgan fingerprint density at radius 2 is 1.36 bits per heavy atom. The standard InChI is InChI=1S/C14H13N7.ClH/c15-13(16)8-1-4-10(5-2-8)21-19-11-6-3-9(14(17)18)7-12(11)20-21;/h1-7H,(H3,15,16)(H3,17,18);1H. The molecular formula is C14H14ClN7. The molecule has 0 radical (unpaired) electrons. The molecular weight excluding hydrogens is 302 g/mol. The third-order valence-electron chi connectivity index (χ3n) is 3.10. The predicted molar refractivity (Wildman–Crippen MR) is 88.1 cm³/mol. The summed E-state index contributed by atoms with van der Waals surface area (Å²) in [6.45, 7) is 0. The number of hydrogen-bond acceptors (Lipinski definition) is 4. The van der Waals surface area contributed by atoms with Gasteiger partial charge in [0.15, 0.2) is 0 Å². The largest absolute Gasteiger partial charge is 0.384 e. The molecule has 0 saturated heterocycles. The number of aromatic nitrogens is 3. The van der Waals surface area contributed by atoms with E-state index in [1.165, 1.54) is 4.80 Å². The fourth-order valence-corrected chi connectivity index (χ4v) is 1.97. The summed E-state index contributed by atoms with van der Waals surface area (Å²) in [5, 5.41) is 23.5. The van der Waals surface area contributed by atoms with E-state index in [2.05, 4.69) is 10.2 Å². The number of nitrogens with two attached hydrogens (primary N) is 2. The average Bonchev–Trinajstić information content (AvgIpc) is 2.90. The van der Waals surface area contributed by atoms with Gasteiger partial charge in [0, 0.05) is 11.1 Å². The van der Waals surface area contributed by atoms with E-state index in [1.807, 2.05) is 0 Å². The number of rotatable bonds is 3. The Balaban J connectivity index is 0.00000176. The lowest BCUT2D eigenvalue weighted by Crippen LogP contribution is -2.11. The van der Waals surface area contributed by atoms with E-state index in [9.17, 15) is 0 Å². The number of nitrogens with one attached hydrogen (secondary N) is 2. The van der Waals surface area contributed by atoms with Crippen LogP contribution in [-0.4, -0.2) is 26.7 Å². The molecule has 0 aliphatic rings. The lowest BCUT2D eigenvalue weighted by atomic mass is 10.2. The van der Waals surface area contributed by atoms with Gasteiger partial charge in [0.1, 0.15) is 22.7 Å². The molecule has 22 heavy (non-hydrogen) atoms. The Kier molecular flexibility index (Phi) is 4.09. The highest BCUT2D eigenvalue weighted by Gasteiger charge is 2.07. The third-order valence-corrected chi connectivity index (χ3v) is 3.10. The summed E-state index contributed by atoms with van der Waals surface area (Å²) in [5.41, 5.74) is 14.3. The molecule has 7 nitrogen and oxygen atoms in total. The summed E-state index contributed by atoms with van der Waals surface area (Å²) in [7, 11) is 0. The maximum atomic E-state index is 7.44. The molecule has 3 aromatic rings. The zero-order valence-corrected chi connectivity index (χ0v) is 12.3. The van der Waals surface area contributed by atoms with Crippen LogP contribution in [0.15, 0.2) is 42.5 Å². The van der Waals surface area contributed by atoms with Crippen LogP contribution in [0.25, 0.3) is 16.7 Å². The molecule has 0 spiro atoms. The summed E-state index contributed by atoms with van der Waals surface area (Å²) in [6, 6.07) is 12.3. The second-order valence-electron chi connectivity index (χ2n) is 4.57. The number of halogens is 1. The van der Waals surface area contributed by atoms with Crippen molar-refractivity contribution in [3.05, 3.63) is 53.6 Å². The van der Waals surface area contributed by atoms with Crippen LogP contribution < -0.4 is 11.5 Å². The molecule has 0 fully saturated rings. The lowest BCUT2D eigenvalue weighted by molar-refractivity contribution is 0.765. The number of hydrogen-bond donors (Lipinski definition) is 4. The summed E-state index contributed by atoms with van der Waals surface area (Å²) in [6.07, 6.45) is 0. The first-order valence-corrected chi connectivity index (χ1v) is 6.21. The van der Waals surface area contributed by atoms with Gasteiger partial charge in [0.25, 0.3) is 0 Å². The number of nitrogen functional groups attached to an aromatic ring is 2. The van der Waals surface area contributed by atoms with Crippen LogP contribution in [0, 0.1) is 10.8 Å². The van der Waals surface area contributed by atoms with E-state index in [4.69, 9.17) is 22.3 Å². The van der Waals surface area contributed by atoms with Gasteiger partial charge in [0.05, 0.1) is 5.69 Å². The van der Waals surface area contributed by atoms with Crippen LogP contribution in [0.3, 0.4) is 0 Å². The topological polar surface area (TPSA) is 130 Å². The van der Waals surface area contributed by atoms with Crippen LogP contribution >= 0.6 is 12.4 Å². The first-order chi connectivity index (χ1) is 10.0. The van der Waals surface area contributed by atoms with Crippen molar-refractivity contribution >= 4 is 35.1 Å². The summed E-state index contributed by atoms with van der Waals surface area (Å²) in [5.74, 6) is 0.0171. The zero-order valence-electron chi connectivity index (χ0n) is 11.4. The molecule has 0 aliphatic carbocycles. The molecule has 0 atom stereocenters. The van der Waals surface area contributed by atoms with Crippen LogP contribution in [0.1, 0.15) is 11.1 Å². The van der Waals surface area contributed by atoms with Crippen LogP contribution in [0.2, 0.25) is 0 Å². The van der Waals surface area contributed by atoms with Gasteiger partial charge >= 0.3 is 0 Å². The molecule has 1 heterocycles. The van der Waals surface area contributed by atoms with Crippen molar-refractivity contribution in [2.24, 2.45) is 11.5 Å². The molecule has 2 aromatic carbocycles. The van der Waals surface area contributed by atoms with Crippen molar-refractivity contribution < 1.29 is 0 Å². The van der Waals surface area contributed by atoms with Gasteiger partial charge in [0.2, 0.25) is 0 Å². The second-order valence-corrected chi connectivity index (χ2v) is 4.57. The number of nitrogens with zero attached hydrogens (tertiary/aromatic N) is 3. The van der Waals surface area contributed by atoms with Gasteiger partial charge < -0.3 is 11.5 Å². The fraction of sp³-hybridized carbons (Fsp3) is 0. The quantitative estimate of drug-likeness (QED) is 0.430. The van der Waals surface area contributed by atoms with Gasteiger partial charge in [-0.05, 0) is 42.5 Å². The zero-order chi connectivity index (χ0) is 15.0. The number of amidine groups is 2. The SMILES string of the molecule is Cl.N=C(N)c1ccc(-n2nc3ccc(C(=N)N)cc3n2)cc1. The van der Waals surface area contributed by atoms with Crippen molar-refractivity contribution in [1.29, 1.82) is 10.8 Å². The maximum Gasteiger partial charge on any atom is 0.122 e. The first-order valence-electron chi connectivity index (χ1n) is 6.21. The van der Waals surface area contributed by atoms with Gasteiger partial charge in [-0.3, -0.25) is 10.8 Å². The van der Waals surface area contributed by atoms with Gasteiger partial charge in [-0.2, -0.15) is 4.80 Å². The van der Waals surface area contributed by atoms with E-state index in [0.29, 0.717) is 16.6 Å². The second kappa shape index (κ2) is 5.82. The monoisotopic (exact) mass is 315 g/mol. The van der Waals surface area contributed by atoms with Crippen LogP contribution in [0.4, 0.5) is 0 Å². The number of benzene rings is 2. The first kappa shape index (κ1) is 15.5. The Labute approximate surface area is 132 Å². The Hall–Kier alpha value is -2.93. The van der Waals surface area contributed by atoms with E-state index in [-0.39, 0.29) is 24.1 Å². The van der Waals surface area contributed by atoms with Crippen LogP contribution in [0.5, 0.6) is 0 Å². The molecule has 8 heteroatoms. The Morgan fingerprint density at radius 1 is 0.818 bits per heavy atom. The molecule has 1 aromatic heterocycles. The van der Waals surface area contributed by atoms with Gasteiger partial charge in [-0.15, -0.1) is 22.6 Å². The van der Waals surface area contributed by atoms with E-state index in [1.54, 1.807) is 42.5 Å². The molecule has 112 valence electrons. The Morgan fingerprint density at radius 3 is 1.95 bits per heavy atom. The molecule has 6 N–H and O–H groups in total. The van der Waals surface area contributed by atoms with E-state index in [0.717, 1.165) is 11.2 Å². The summed E-state index contributed by atoms with van der Waals surface area (Å²) >= 11 is 0. The van der Waals surface area contributed by atoms with E-state index >= 15 is 0 Å². The average molecular weight is 316 g/mol. The highest BCUT2D eigenvalue weighted by atomic mass is 35.5. The molecule has 0 saturated carbocycles. The third kappa shape index (κ3) is 2.75. The van der Waals surface area contributed by atoms with Crippen molar-refractivity contribution in [2.75, 3.05) is 0 Å². The highest BCUT2D eigenvalue weighted by Crippen LogP contribution is 2.14. The van der Waals surface area contributed by atoms with Crippen molar-refractivity contribution in [1.82, 2.24) is 15.0 Å². The van der Waals surface area contributed by atoms with Crippen molar-refractivity contribution in [3.63, 3.8) is 0 Å². The summed E-state index contributed by atoms with van der Waals surface area (Å²) in [4.78, 5) is 1.50. The fourth-order valence-electron chi connectivity index (χ4n) is 1.97. The van der Waals surface area contributed by atoms with Crippen molar-refractivity contribution in [2.45, 2.75) is 0 Å². The molecule has 0 aliphatic heterocycles. The molecule has 3 rings (SSSR count). The van der Waals surface area contributed by atoms with Crippen molar-refractivity contribution in [3.8, 4) is 5.69 Å². The van der Waals surface area contributed by atoms with Gasteiger partial charge in [-0.1, -0.05) is 0 Å². The minimum Gasteiger partial charge on any atom is -0.384 e. The minimum atomic E-state index is -0.00254. The Bertz CT molecular complexity index is 851. The molecule has 0 unspecified atom stereocenters. The lowest BCUT2D eigenvalue weighted by Gasteiger charge is -2.01. The highest BCUT2D eigenvalue weighted by molar-refractivity contribution is 5.97. The van der Waals surface area contributed by atoms with Crippen LogP contribution in [-0.2, 0) is 0 Å².